The van der Waals surface area contributed by atoms with Crippen molar-refractivity contribution in [2.45, 2.75) is 12.5 Å². The number of rotatable bonds is 6. The highest BCUT2D eigenvalue weighted by molar-refractivity contribution is 5.88. The zero-order valence-corrected chi connectivity index (χ0v) is 13.6. The number of benzene rings is 2. The molecule has 1 atom stereocenters. The van der Waals surface area contributed by atoms with Gasteiger partial charge in [0.15, 0.2) is 11.6 Å². The molecule has 0 aliphatic rings. The van der Waals surface area contributed by atoms with Gasteiger partial charge >= 0.3 is 6.03 Å². The predicted octanol–water partition coefficient (Wildman–Crippen LogP) is 3.59. The molecule has 1 heterocycles. The Bertz CT molecular complexity index is 803. The zero-order valence-electron chi connectivity index (χ0n) is 13.6. The van der Waals surface area contributed by atoms with Gasteiger partial charge in [-0.15, -0.1) is 0 Å². The third-order valence-corrected chi connectivity index (χ3v) is 3.70. The maximum Gasteiger partial charge on any atom is 0.320 e. The van der Waals surface area contributed by atoms with Crippen LogP contribution in [-0.4, -0.2) is 22.8 Å². The second-order valence-corrected chi connectivity index (χ2v) is 5.54. The van der Waals surface area contributed by atoms with Gasteiger partial charge in [0.05, 0.1) is 6.10 Å². The van der Waals surface area contributed by atoms with Gasteiger partial charge in [-0.3, -0.25) is 5.32 Å². The molecule has 0 aliphatic heterocycles. The maximum atomic E-state index is 11.9. The van der Waals surface area contributed by atoms with Gasteiger partial charge in [-0.1, -0.05) is 65.8 Å². The quantitative estimate of drug-likeness (QED) is 0.641. The van der Waals surface area contributed by atoms with E-state index in [2.05, 4.69) is 15.8 Å². The molecular formula is C19H19N3O3. The number of amides is 2. The van der Waals surface area contributed by atoms with Crippen LogP contribution in [0, 0.1) is 0 Å². The molecule has 0 radical (unpaired) electrons. The average Bonchev–Trinajstić information content (AvgIpc) is 3.11. The molecule has 6 nitrogen and oxygen atoms in total. The van der Waals surface area contributed by atoms with E-state index in [-0.39, 0.29) is 0 Å². The number of aliphatic hydroxyl groups is 1. The highest BCUT2D eigenvalue weighted by Crippen LogP contribution is 2.21. The summed E-state index contributed by atoms with van der Waals surface area (Å²) < 4.78 is 5.22. The van der Waals surface area contributed by atoms with E-state index in [4.69, 9.17) is 4.52 Å². The molecule has 2 aromatic carbocycles. The van der Waals surface area contributed by atoms with Crippen LogP contribution >= 0.6 is 0 Å². The van der Waals surface area contributed by atoms with Crippen LogP contribution in [-0.2, 0) is 0 Å². The van der Waals surface area contributed by atoms with Crippen molar-refractivity contribution in [1.82, 2.24) is 10.5 Å². The third-order valence-electron chi connectivity index (χ3n) is 3.70. The van der Waals surface area contributed by atoms with Gasteiger partial charge in [-0.2, -0.15) is 0 Å². The van der Waals surface area contributed by atoms with E-state index in [1.807, 2.05) is 60.7 Å². The van der Waals surface area contributed by atoms with Crippen molar-refractivity contribution in [2.24, 2.45) is 0 Å². The van der Waals surface area contributed by atoms with Crippen molar-refractivity contribution in [1.29, 1.82) is 0 Å². The van der Waals surface area contributed by atoms with Gasteiger partial charge < -0.3 is 14.9 Å². The van der Waals surface area contributed by atoms with Crippen LogP contribution in [0.15, 0.2) is 71.3 Å². The van der Waals surface area contributed by atoms with Crippen LogP contribution in [0.5, 0.6) is 0 Å². The highest BCUT2D eigenvalue weighted by atomic mass is 16.5. The first kappa shape index (κ1) is 16.7. The summed E-state index contributed by atoms with van der Waals surface area (Å²) >= 11 is 0. The van der Waals surface area contributed by atoms with Crippen LogP contribution in [0.1, 0.15) is 18.1 Å². The van der Waals surface area contributed by atoms with Gasteiger partial charge in [0.2, 0.25) is 0 Å². The van der Waals surface area contributed by atoms with E-state index in [0.717, 1.165) is 11.1 Å². The molecule has 0 saturated heterocycles. The van der Waals surface area contributed by atoms with Gasteiger partial charge in [-0.05, 0) is 12.0 Å². The molecule has 3 rings (SSSR count). The summed E-state index contributed by atoms with van der Waals surface area (Å²) in [6, 6.07) is 20.1. The van der Waals surface area contributed by atoms with E-state index in [1.54, 1.807) is 6.07 Å². The van der Waals surface area contributed by atoms with Crippen molar-refractivity contribution in [3.8, 4) is 11.3 Å². The number of carbonyl (C=O) groups is 1. The second kappa shape index (κ2) is 8.12. The zero-order chi connectivity index (χ0) is 17.5. The van der Waals surface area contributed by atoms with Crippen LogP contribution in [0.4, 0.5) is 10.6 Å². The molecule has 0 fully saturated rings. The predicted molar refractivity (Wildman–Crippen MR) is 95.0 cm³/mol. The number of aromatic nitrogens is 1. The van der Waals surface area contributed by atoms with Crippen molar-refractivity contribution in [2.75, 3.05) is 11.9 Å². The molecule has 2 amide bonds. The summed E-state index contributed by atoms with van der Waals surface area (Å²) in [6.07, 6.45) is -0.191. The Morgan fingerprint density at radius 2 is 1.76 bits per heavy atom. The SMILES string of the molecule is O=C(NCCC(O)c1ccccc1)Nc1cc(-c2ccccc2)on1. The Kier molecular flexibility index (Phi) is 5.43. The first-order chi connectivity index (χ1) is 12.2. The minimum atomic E-state index is -0.613. The van der Waals surface area contributed by atoms with Crippen molar-refractivity contribution >= 4 is 11.8 Å². The van der Waals surface area contributed by atoms with Gasteiger partial charge in [0, 0.05) is 18.2 Å². The lowest BCUT2D eigenvalue weighted by Crippen LogP contribution is -2.30. The first-order valence-electron chi connectivity index (χ1n) is 8.02. The average molecular weight is 337 g/mol. The fourth-order valence-electron chi connectivity index (χ4n) is 2.40. The number of aliphatic hydroxyl groups excluding tert-OH is 1. The van der Waals surface area contributed by atoms with Gasteiger partial charge in [0.25, 0.3) is 0 Å². The number of nitrogens with one attached hydrogen (secondary N) is 2. The topological polar surface area (TPSA) is 87.4 Å². The Morgan fingerprint density at radius 3 is 2.48 bits per heavy atom. The molecule has 128 valence electrons. The van der Waals surface area contributed by atoms with Crippen molar-refractivity contribution in [3.63, 3.8) is 0 Å². The monoisotopic (exact) mass is 337 g/mol. The molecule has 3 N–H and O–H groups in total. The molecule has 6 heteroatoms. The second-order valence-electron chi connectivity index (χ2n) is 5.54. The molecule has 0 bridgehead atoms. The summed E-state index contributed by atoms with van der Waals surface area (Å²) in [4.78, 5) is 11.9. The lowest BCUT2D eigenvalue weighted by molar-refractivity contribution is 0.167. The van der Waals surface area contributed by atoms with Gasteiger partial charge in [-0.25, -0.2) is 4.79 Å². The lowest BCUT2D eigenvalue weighted by atomic mass is 10.1. The molecule has 0 saturated carbocycles. The highest BCUT2D eigenvalue weighted by Gasteiger charge is 2.10. The number of hydrogen-bond donors (Lipinski definition) is 3. The summed E-state index contributed by atoms with van der Waals surface area (Å²) in [7, 11) is 0. The lowest BCUT2D eigenvalue weighted by Gasteiger charge is -2.11. The molecule has 0 aliphatic carbocycles. The summed E-state index contributed by atoms with van der Waals surface area (Å²) in [5, 5.41) is 19.2. The molecular weight excluding hydrogens is 318 g/mol. The summed E-state index contributed by atoms with van der Waals surface area (Å²) in [5.74, 6) is 0.912. The van der Waals surface area contributed by atoms with E-state index in [0.29, 0.717) is 24.5 Å². The van der Waals surface area contributed by atoms with Crippen LogP contribution in [0.2, 0.25) is 0 Å². The number of anilines is 1. The number of urea groups is 1. The molecule has 1 unspecified atom stereocenters. The smallest absolute Gasteiger partial charge is 0.320 e. The van der Waals surface area contributed by atoms with E-state index in [1.165, 1.54) is 0 Å². The molecule has 1 aromatic heterocycles. The Balaban J connectivity index is 1.46. The largest absolute Gasteiger partial charge is 0.388 e. The Morgan fingerprint density at radius 1 is 1.08 bits per heavy atom. The molecule has 3 aromatic rings. The van der Waals surface area contributed by atoms with Crippen LogP contribution in [0.25, 0.3) is 11.3 Å². The summed E-state index contributed by atoms with van der Waals surface area (Å²) in [6.45, 7) is 0.339. The fourth-order valence-corrected chi connectivity index (χ4v) is 2.40. The standard InChI is InChI=1S/C19H19N3O3/c23-16(14-7-3-1-4-8-14)11-12-20-19(24)21-18-13-17(25-22-18)15-9-5-2-6-10-15/h1-10,13,16,23H,11-12H2,(H2,20,21,22,24). The first-order valence-corrected chi connectivity index (χ1v) is 8.02. The van der Waals surface area contributed by atoms with E-state index in [9.17, 15) is 9.90 Å². The minimum absolute atomic E-state index is 0.333. The third kappa shape index (κ3) is 4.68. The van der Waals surface area contributed by atoms with Gasteiger partial charge in [0.1, 0.15) is 0 Å². The Hall–Kier alpha value is -3.12. The van der Waals surface area contributed by atoms with Crippen molar-refractivity contribution in [3.05, 3.63) is 72.3 Å². The summed E-state index contributed by atoms with van der Waals surface area (Å²) in [5.41, 5.74) is 1.71. The normalized spacial score (nSPS) is 11.7. The van der Waals surface area contributed by atoms with Crippen LogP contribution in [0.3, 0.4) is 0 Å². The van der Waals surface area contributed by atoms with Crippen LogP contribution < -0.4 is 10.6 Å². The minimum Gasteiger partial charge on any atom is -0.388 e. The van der Waals surface area contributed by atoms with E-state index >= 15 is 0 Å². The maximum absolute atomic E-state index is 11.9. The molecule has 25 heavy (non-hydrogen) atoms. The number of hydrogen-bond acceptors (Lipinski definition) is 4. The van der Waals surface area contributed by atoms with Crippen molar-refractivity contribution < 1.29 is 14.4 Å². The van der Waals surface area contributed by atoms with E-state index < -0.39 is 12.1 Å². The number of nitrogens with zero attached hydrogens (tertiary/aromatic N) is 1. The number of carbonyl (C=O) groups excluding carboxylic acids is 1. The molecule has 0 spiro atoms. The fraction of sp³-hybridized carbons (Fsp3) is 0.158. The Labute approximate surface area is 145 Å².